The number of nitrogens with zero attached hydrogens (tertiary/aromatic N) is 3. The van der Waals surface area contributed by atoms with E-state index in [4.69, 9.17) is 0 Å². The topological polar surface area (TPSA) is 67.5 Å². The molecular formula is C16H19N4O2+. The molecule has 0 aliphatic heterocycles. The van der Waals surface area contributed by atoms with Crippen LogP contribution in [0.5, 0.6) is 0 Å². The number of non-ortho nitro benzene ring substituents is 1. The van der Waals surface area contributed by atoms with Crippen LogP contribution >= 0.6 is 0 Å². The summed E-state index contributed by atoms with van der Waals surface area (Å²) < 4.78 is 0.762. The molecule has 0 aliphatic rings. The number of nitrogens with one attached hydrogen (secondary N) is 1. The standard InChI is InChI=1S/C16H19N4O2/c1-20(2,3)16-10-4-13(5-11-16)12-17-18-14-6-8-15(9-7-14)19(21)22/h4-12,18H,1-3H3/q+1/b17-12+. The molecule has 0 radical (unpaired) electrons. The summed E-state index contributed by atoms with van der Waals surface area (Å²) in [6.07, 6.45) is 1.71. The van der Waals surface area contributed by atoms with Gasteiger partial charge in [0.15, 0.2) is 0 Å². The highest BCUT2D eigenvalue weighted by Gasteiger charge is 2.10. The highest BCUT2D eigenvalue weighted by Crippen LogP contribution is 2.17. The first-order valence-electron chi connectivity index (χ1n) is 6.82. The molecule has 0 saturated heterocycles. The number of nitro benzene ring substituents is 1. The van der Waals surface area contributed by atoms with E-state index in [0.717, 1.165) is 10.0 Å². The van der Waals surface area contributed by atoms with Crippen LogP contribution in [0.25, 0.3) is 0 Å². The Labute approximate surface area is 129 Å². The monoisotopic (exact) mass is 299 g/mol. The number of nitro groups is 1. The van der Waals surface area contributed by atoms with Crippen molar-refractivity contribution in [2.45, 2.75) is 0 Å². The van der Waals surface area contributed by atoms with E-state index in [2.05, 4.69) is 43.8 Å². The molecule has 0 unspecified atom stereocenters. The lowest BCUT2D eigenvalue weighted by Gasteiger charge is -2.23. The van der Waals surface area contributed by atoms with Crippen molar-refractivity contribution < 1.29 is 4.92 Å². The molecule has 0 fully saturated rings. The Hall–Kier alpha value is -2.73. The van der Waals surface area contributed by atoms with Crippen molar-refractivity contribution in [1.82, 2.24) is 4.48 Å². The van der Waals surface area contributed by atoms with E-state index in [1.807, 2.05) is 12.1 Å². The highest BCUT2D eigenvalue weighted by atomic mass is 16.6. The van der Waals surface area contributed by atoms with Gasteiger partial charge in [-0.25, -0.2) is 0 Å². The zero-order chi connectivity index (χ0) is 16.2. The van der Waals surface area contributed by atoms with E-state index in [0.29, 0.717) is 5.69 Å². The van der Waals surface area contributed by atoms with Gasteiger partial charge in [0.25, 0.3) is 5.69 Å². The molecule has 6 heteroatoms. The largest absolute Gasteiger partial charge is 0.298 e. The van der Waals surface area contributed by atoms with Gasteiger partial charge in [0, 0.05) is 12.1 Å². The number of benzene rings is 2. The van der Waals surface area contributed by atoms with Gasteiger partial charge in [-0.2, -0.15) is 5.10 Å². The number of quaternary nitrogens is 1. The van der Waals surface area contributed by atoms with Crippen LogP contribution in [0.4, 0.5) is 17.1 Å². The van der Waals surface area contributed by atoms with Gasteiger partial charge in [0.2, 0.25) is 0 Å². The van der Waals surface area contributed by atoms with Crippen LogP contribution in [0.2, 0.25) is 0 Å². The Bertz CT molecular complexity index is 671. The van der Waals surface area contributed by atoms with Crippen molar-refractivity contribution in [3.63, 3.8) is 0 Å². The lowest BCUT2D eigenvalue weighted by atomic mass is 10.2. The number of hydrazone groups is 1. The fourth-order valence-corrected chi connectivity index (χ4v) is 1.85. The van der Waals surface area contributed by atoms with Crippen molar-refractivity contribution in [3.8, 4) is 0 Å². The van der Waals surface area contributed by atoms with E-state index < -0.39 is 4.92 Å². The van der Waals surface area contributed by atoms with Gasteiger partial charge in [-0.05, 0) is 42.0 Å². The summed E-state index contributed by atoms with van der Waals surface area (Å²) in [4.78, 5) is 10.1. The van der Waals surface area contributed by atoms with Gasteiger partial charge in [-0.3, -0.25) is 20.0 Å². The molecule has 0 aromatic heterocycles. The molecular weight excluding hydrogens is 280 g/mol. The second-order valence-electron chi connectivity index (χ2n) is 5.78. The molecule has 2 rings (SSSR count). The third-order valence-electron chi connectivity index (χ3n) is 3.15. The molecule has 0 amide bonds. The molecule has 2 aromatic rings. The highest BCUT2D eigenvalue weighted by molar-refractivity contribution is 5.80. The molecule has 0 spiro atoms. The van der Waals surface area contributed by atoms with Crippen LogP contribution < -0.4 is 9.91 Å². The van der Waals surface area contributed by atoms with Gasteiger partial charge in [0.1, 0.15) is 5.69 Å². The summed E-state index contributed by atoms with van der Waals surface area (Å²) in [6, 6.07) is 14.2. The van der Waals surface area contributed by atoms with Crippen LogP contribution in [0.15, 0.2) is 53.6 Å². The van der Waals surface area contributed by atoms with E-state index in [1.54, 1.807) is 18.3 Å². The maximum Gasteiger partial charge on any atom is 0.269 e. The lowest BCUT2D eigenvalue weighted by Crippen LogP contribution is -2.34. The Morgan fingerprint density at radius 1 is 1.05 bits per heavy atom. The molecule has 22 heavy (non-hydrogen) atoms. The predicted molar refractivity (Wildman–Crippen MR) is 90.3 cm³/mol. The van der Waals surface area contributed by atoms with Crippen molar-refractivity contribution >= 4 is 23.3 Å². The molecule has 0 aliphatic carbocycles. The van der Waals surface area contributed by atoms with Gasteiger partial charge in [0.05, 0.1) is 38.0 Å². The minimum atomic E-state index is -0.428. The Balaban J connectivity index is 1.99. The van der Waals surface area contributed by atoms with Crippen molar-refractivity contribution in [2.75, 3.05) is 26.6 Å². The first-order chi connectivity index (χ1) is 10.4. The summed E-state index contributed by atoms with van der Waals surface area (Å²) in [5, 5.41) is 14.7. The maximum absolute atomic E-state index is 10.6. The number of hydrogen-bond acceptors (Lipinski definition) is 4. The van der Waals surface area contributed by atoms with Crippen LogP contribution in [0.1, 0.15) is 5.56 Å². The third kappa shape index (κ3) is 4.13. The normalized spacial score (nSPS) is 11.6. The molecule has 1 N–H and O–H groups in total. The molecule has 0 saturated carbocycles. The Morgan fingerprint density at radius 2 is 1.64 bits per heavy atom. The van der Waals surface area contributed by atoms with Gasteiger partial charge in [-0.15, -0.1) is 0 Å². The maximum atomic E-state index is 10.6. The Kier molecular flexibility index (Phi) is 4.53. The second kappa shape index (κ2) is 6.36. The van der Waals surface area contributed by atoms with Crippen LogP contribution in [0, 0.1) is 10.1 Å². The smallest absolute Gasteiger partial charge is 0.269 e. The van der Waals surface area contributed by atoms with Crippen molar-refractivity contribution in [2.24, 2.45) is 5.10 Å². The number of rotatable bonds is 5. The number of anilines is 1. The van der Waals surface area contributed by atoms with E-state index in [1.165, 1.54) is 17.8 Å². The average Bonchev–Trinajstić information content (AvgIpc) is 2.47. The molecule has 0 heterocycles. The lowest BCUT2D eigenvalue weighted by molar-refractivity contribution is -0.384. The quantitative estimate of drug-likeness (QED) is 0.399. The van der Waals surface area contributed by atoms with Crippen molar-refractivity contribution in [1.29, 1.82) is 0 Å². The zero-order valence-electron chi connectivity index (χ0n) is 12.9. The van der Waals surface area contributed by atoms with Crippen LogP contribution in [-0.2, 0) is 0 Å². The first kappa shape index (κ1) is 15.7. The van der Waals surface area contributed by atoms with E-state index >= 15 is 0 Å². The van der Waals surface area contributed by atoms with E-state index in [-0.39, 0.29) is 5.69 Å². The number of hydrogen-bond donors (Lipinski definition) is 1. The average molecular weight is 299 g/mol. The first-order valence-corrected chi connectivity index (χ1v) is 6.82. The second-order valence-corrected chi connectivity index (χ2v) is 5.78. The van der Waals surface area contributed by atoms with Crippen molar-refractivity contribution in [3.05, 3.63) is 64.2 Å². The van der Waals surface area contributed by atoms with Gasteiger partial charge >= 0.3 is 0 Å². The summed E-state index contributed by atoms with van der Waals surface area (Å²) in [5.41, 5.74) is 5.79. The predicted octanol–water partition coefficient (Wildman–Crippen LogP) is 3.24. The zero-order valence-corrected chi connectivity index (χ0v) is 12.9. The van der Waals surface area contributed by atoms with Gasteiger partial charge < -0.3 is 0 Å². The molecule has 114 valence electrons. The SMILES string of the molecule is C[N+](C)(C)c1ccc(/C=N/Nc2ccc([N+](=O)[O-])cc2)cc1. The fourth-order valence-electron chi connectivity index (χ4n) is 1.85. The molecule has 0 atom stereocenters. The summed E-state index contributed by atoms with van der Waals surface area (Å²) in [6.45, 7) is 0. The molecule has 2 aromatic carbocycles. The molecule has 6 nitrogen and oxygen atoms in total. The van der Waals surface area contributed by atoms with Gasteiger partial charge in [-0.1, -0.05) is 0 Å². The van der Waals surface area contributed by atoms with Crippen LogP contribution in [0.3, 0.4) is 0 Å². The Morgan fingerprint density at radius 3 is 2.14 bits per heavy atom. The minimum Gasteiger partial charge on any atom is -0.298 e. The fraction of sp³-hybridized carbons (Fsp3) is 0.188. The summed E-state index contributed by atoms with van der Waals surface area (Å²) >= 11 is 0. The van der Waals surface area contributed by atoms with Crippen LogP contribution in [-0.4, -0.2) is 32.3 Å². The summed E-state index contributed by atoms with van der Waals surface area (Å²) in [5.74, 6) is 0. The minimum absolute atomic E-state index is 0.0606. The molecule has 0 bridgehead atoms. The third-order valence-corrected chi connectivity index (χ3v) is 3.15. The van der Waals surface area contributed by atoms with E-state index in [9.17, 15) is 10.1 Å². The summed E-state index contributed by atoms with van der Waals surface area (Å²) in [7, 11) is 6.33.